The molecular formula is C48H31NS. The van der Waals surface area contributed by atoms with Crippen molar-refractivity contribution in [3.63, 3.8) is 0 Å². The number of benzene rings is 8. The number of nitrogens with zero attached hydrogens (tertiary/aromatic N) is 1. The van der Waals surface area contributed by atoms with Gasteiger partial charge in [0, 0.05) is 36.5 Å². The zero-order valence-corrected chi connectivity index (χ0v) is 28.1. The van der Waals surface area contributed by atoms with Gasteiger partial charge in [0.25, 0.3) is 0 Å². The molecule has 2 aromatic heterocycles. The third-order valence-electron chi connectivity index (χ3n) is 10.0. The maximum atomic E-state index is 2.45. The van der Waals surface area contributed by atoms with Crippen molar-refractivity contribution in [2.24, 2.45) is 0 Å². The first kappa shape index (κ1) is 28.8. The number of aromatic nitrogens is 1. The second kappa shape index (κ2) is 11.7. The van der Waals surface area contributed by atoms with Crippen LogP contribution in [0.3, 0.4) is 0 Å². The summed E-state index contributed by atoms with van der Waals surface area (Å²) in [4.78, 5) is 0. The minimum Gasteiger partial charge on any atom is -0.309 e. The lowest BCUT2D eigenvalue weighted by molar-refractivity contribution is 1.18. The van der Waals surface area contributed by atoms with Crippen LogP contribution in [0.25, 0.3) is 92.2 Å². The Kier molecular flexibility index (Phi) is 6.75. The summed E-state index contributed by atoms with van der Waals surface area (Å²) in [6.07, 6.45) is 0. The topological polar surface area (TPSA) is 4.93 Å². The summed E-state index contributed by atoms with van der Waals surface area (Å²) < 4.78 is 5.09. The van der Waals surface area contributed by atoms with Crippen molar-refractivity contribution in [2.75, 3.05) is 0 Å². The average Bonchev–Trinajstić information content (AvgIpc) is 3.74. The third-order valence-corrected chi connectivity index (χ3v) is 11.2. The molecule has 50 heavy (non-hydrogen) atoms. The molecule has 8 aromatic carbocycles. The van der Waals surface area contributed by atoms with E-state index < -0.39 is 0 Å². The first-order chi connectivity index (χ1) is 24.8. The first-order valence-corrected chi connectivity index (χ1v) is 17.9. The monoisotopic (exact) mass is 653 g/mol. The standard InChI is InChI=1S/C48H31NS/c1-3-14-32(15-4-1)34-26-29-45-42(31-34)40-21-8-11-24-44(40)49(45)43-23-10-7-20-37(43)35-18-13-19-36(30-35)38-27-28-39(33-16-5-2-6-17-33)48-47(38)41-22-9-12-25-46(41)50-48/h1-31H. The van der Waals surface area contributed by atoms with E-state index in [-0.39, 0.29) is 0 Å². The maximum Gasteiger partial charge on any atom is 0.0541 e. The van der Waals surface area contributed by atoms with E-state index in [2.05, 4.69) is 193 Å². The fourth-order valence-corrected chi connectivity index (χ4v) is 8.99. The van der Waals surface area contributed by atoms with Gasteiger partial charge in [0.05, 0.1) is 16.7 Å². The first-order valence-electron chi connectivity index (χ1n) is 17.1. The number of thiophene rings is 1. The highest BCUT2D eigenvalue weighted by atomic mass is 32.1. The normalized spacial score (nSPS) is 11.6. The van der Waals surface area contributed by atoms with Crippen molar-refractivity contribution in [1.29, 1.82) is 0 Å². The number of hydrogen-bond acceptors (Lipinski definition) is 1. The number of rotatable bonds is 5. The van der Waals surface area contributed by atoms with Crippen LogP contribution in [0.5, 0.6) is 0 Å². The van der Waals surface area contributed by atoms with Gasteiger partial charge in [0.2, 0.25) is 0 Å². The molecule has 0 aliphatic heterocycles. The minimum absolute atomic E-state index is 1.17. The summed E-state index contributed by atoms with van der Waals surface area (Å²) in [7, 11) is 0. The molecular weight excluding hydrogens is 623 g/mol. The quantitative estimate of drug-likeness (QED) is 0.174. The number of fused-ring (bicyclic) bond motifs is 6. The summed E-state index contributed by atoms with van der Waals surface area (Å²) >= 11 is 1.89. The van der Waals surface area contributed by atoms with Crippen molar-refractivity contribution in [3.05, 3.63) is 188 Å². The van der Waals surface area contributed by atoms with Crippen LogP contribution in [0.4, 0.5) is 0 Å². The molecule has 1 nitrogen and oxygen atoms in total. The Morgan fingerprint density at radius 2 is 0.960 bits per heavy atom. The molecule has 2 heterocycles. The van der Waals surface area contributed by atoms with Crippen LogP contribution in [0, 0.1) is 0 Å². The van der Waals surface area contributed by atoms with Gasteiger partial charge < -0.3 is 4.57 Å². The molecule has 10 rings (SSSR count). The predicted octanol–water partition coefficient (Wildman–Crippen LogP) is 13.8. The highest BCUT2D eigenvalue weighted by Crippen LogP contribution is 2.46. The van der Waals surface area contributed by atoms with Gasteiger partial charge in [0.15, 0.2) is 0 Å². The Balaban J connectivity index is 1.16. The predicted molar refractivity (Wildman–Crippen MR) is 215 cm³/mol. The molecule has 10 aromatic rings. The lowest BCUT2D eigenvalue weighted by atomic mass is 9.93. The lowest BCUT2D eigenvalue weighted by Gasteiger charge is -2.15. The summed E-state index contributed by atoms with van der Waals surface area (Å²) in [5, 5.41) is 5.16. The van der Waals surface area contributed by atoms with Crippen molar-refractivity contribution < 1.29 is 0 Å². The number of hydrogen-bond donors (Lipinski definition) is 0. The molecule has 0 amide bonds. The Labute approximate surface area is 295 Å². The fourth-order valence-electron chi connectivity index (χ4n) is 7.72. The van der Waals surface area contributed by atoms with E-state index in [1.165, 1.54) is 92.2 Å². The third kappa shape index (κ3) is 4.61. The largest absolute Gasteiger partial charge is 0.309 e. The van der Waals surface area contributed by atoms with Crippen molar-refractivity contribution in [1.82, 2.24) is 4.57 Å². The van der Waals surface area contributed by atoms with Crippen LogP contribution in [0.2, 0.25) is 0 Å². The average molecular weight is 654 g/mol. The molecule has 2 heteroatoms. The van der Waals surface area contributed by atoms with E-state index in [9.17, 15) is 0 Å². The van der Waals surface area contributed by atoms with Gasteiger partial charge in [-0.3, -0.25) is 0 Å². The summed E-state index contributed by atoms with van der Waals surface area (Å²) in [5.74, 6) is 0. The van der Waals surface area contributed by atoms with E-state index in [0.29, 0.717) is 0 Å². The Hall–Kier alpha value is -6.22. The molecule has 0 atom stereocenters. The molecule has 0 N–H and O–H groups in total. The second-order valence-corrected chi connectivity index (χ2v) is 13.9. The van der Waals surface area contributed by atoms with Crippen molar-refractivity contribution in [2.45, 2.75) is 0 Å². The molecule has 0 aliphatic rings. The van der Waals surface area contributed by atoms with Crippen molar-refractivity contribution in [3.8, 4) is 50.2 Å². The molecule has 234 valence electrons. The molecule has 0 fully saturated rings. The van der Waals surface area contributed by atoms with Crippen LogP contribution in [-0.4, -0.2) is 4.57 Å². The Bertz CT molecular complexity index is 2860. The molecule has 0 saturated carbocycles. The van der Waals surface area contributed by atoms with Crippen LogP contribution in [-0.2, 0) is 0 Å². The van der Waals surface area contributed by atoms with Gasteiger partial charge in [-0.2, -0.15) is 0 Å². The molecule has 0 saturated heterocycles. The van der Waals surface area contributed by atoms with Crippen LogP contribution in [0.15, 0.2) is 188 Å². The molecule has 0 radical (unpaired) electrons. The molecule has 0 spiro atoms. The van der Waals surface area contributed by atoms with E-state index in [0.717, 1.165) is 0 Å². The Morgan fingerprint density at radius 3 is 1.80 bits per heavy atom. The van der Waals surface area contributed by atoms with Crippen LogP contribution < -0.4 is 0 Å². The van der Waals surface area contributed by atoms with E-state index >= 15 is 0 Å². The summed E-state index contributed by atoms with van der Waals surface area (Å²) in [6, 6.07) is 68.5. The smallest absolute Gasteiger partial charge is 0.0541 e. The minimum atomic E-state index is 1.17. The summed E-state index contributed by atoms with van der Waals surface area (Å²) in [6.45, 7) is 0. The van der Waals surface area contributed by atoms with Crippen molar-refractivity contribution >= 4 is 53.3 Å². The SMILES string of the molecule is c1ccc(-c2ccc3c(c2)c2ccccc2n3-c2ccccc2-c2cccc(-c3ccc(-c4ccccc4)c4sc5ccccc5c34)c2)cc1. The zero-order chi connectivity index (χ0) is 33.0. The zero-order valence-electron chi connectivity index (χ0n) is 27.3. The van der Waals surface area contributed by atoms with Crippen LogP contribution >= 0.6 is 11.3 Å². The van der Waals surface area contributed by atoms with Gasteiger partial charge in [-0.05, 0) is 75.3 Å². The fraction of sp³-hybridized carbons (Fsp3) is 0. The maximum absolute atomic E-state index is 2.45. The van der Waals surface area contributed by atoms with Crippen LogP contribution in [0.1, 0.15) is 0 Å². The molecule has 0 unspecified atom stereocenters. The van der Waals surface area contributed by atoms with E-state index in [1.54, 1.807) is 0 Å². The van der Waals surface area contributed by atoms with E-state index in [4.69, 9.17) is 0 Å². The Morgan fingerprint density at radius 1 is 0.340 bits per heavy atom. The second-order valence-electron chi connectivity index (χ2n) is 12.9. The van der Waals surface area contributed by atoms with E-state index in [1.807, 2.05) is 11.3 Å². The summed E-state index contributed by atoms with van der Waals surface area (Å²) in [5.41, 5.74) is 13.5. The molecule has 0 bridgehead atoms. The van der Waals surface area contributed by atoms with Gasteiger partial charge in [-0.15, -0.1) is 11.3 Å². The molecule has 0 aliphatic carbocycles. The highest BCUT2D eigenvalue weighted by Gasteiger charge is 2.18. The van der Waals surface area contributed by atoms with Gasteiger partial charge in [0.1, 0.15) is 0 Å². The lowest BCUT2D eigenvalue weighted by Crippen LogP contribution is -1.97. The van der Waals surface area contributed by atoms with Gasteiger partial charge >= 0.3 is 0 Å². The highest BCUT2D eigenvalue weighted by molar-refractivity contribution is 7.26. The van der Waals surface area contributed by atoms with Gasteiger partial charge in [-0.25, -0.2) is 0 Å². The number of para-hydroxylation sites is 2. The van der Waals surface area contributed by atoms with Gasteiger partial charge in [-0.1, -0.05) is 152 Å².